The first-order valence-corrected chi connectivity index (χ1v) is 19.3. The predicted molar refractivity (Wildman–Crippen MR) is 143 cm³/mol. The molecule has 1 nitrogen and oxygen atoms in total. The molecule has 2 aliphatic carbocycles. The molecule has 31 heavy (non-hydrogen) atoms. The average Bonchev–Trinajstić information content (AvgIpc) is 3.19. The Balaban J connectivity index is 2.50. The number of ether oxygens (including phenoxy) is 1. The van der Waals surface area contributed by atoms with E-state index < -0.39 is 16.1 Å². The SMILES string of the molecule is CC1=C(C)C(C)(C)C(C2(C3=C([Si](C)(C)C)C(C)=C(C)C3(C)C)CCCO2)=C1[Si](C)(C)C. The third-order valence-corrected chi connectivity index (χ3v) is 13.1. The van der Waals surface area contributed by atoms with E-state index in [1.54, 1.807) is 43.8 Å². The smallest absolute Gasteiger partial charge is 0.112 e. The van der Waals surface area contributed by atoms with Crippen LogP contribution in [0.5, 0.6) is 0 Å². The maximum Gasteiger partial charge on any atom is 0.112 e. The number of hydrogen-bond acceptors (Lipinski definition) is 1. The molecule has 0 amide bonds. The largest absolute Gasteiger partial charge is 0.366 e. The van der Waals surface area contributed by atoms with E-state index in [2.05, 4.69) is 94.7 Å². The quantitative estimate of drug-likeness (QED) is 0.385. The van der Waals surface area contributed by atoms with Gasteiger partial charge in [-0.1, -0.05) is 99.7 Å². The van der Waals surface area contributed by atoms with Crippen molar-refractivity contribution in [2.45, 2.75) is 113 Å². The third kappa shape index (κ3) is 3.40. The molecule has 0 aromatic rings. The molecule has 0 aromatic heterocycles. The molecule has 0 N–H and O–H groups in total. The van der Waals surface area contributed by atoms with Crippen molar-refractivity contribution in [2.24, 2.45) is 10.8 Å². The summed E-state index contributed by atoms with van der Waals surface area (Å²) < 4.78 is 7.10. The second-order valence-corrected chi connectivity index (χ2v) is 23.5. The Morgan fingerprint density at radius 1 is 0.645 bits per heavy atom. The van der Waals surface area contributed by atoms with Crippen LogP contribution in [0.3, 0.4) is 0 Å². The number of rotatable bonds is 4. The van der Waals surface area contributed by atoms with Gasteiger partial charge in [-0.15, -0.1) is 0 Å². The Morgan fingerprint density at radius 2 is 1.00 bits per heavy atom. The summed E-state index contributed by atoms with van der Waals surface area (Å²) in [5, 5.41) is 3.38. The standard InChI is InChI=1S/C28H48OSi2/c1-18-20(3)26(5,6)24(22(18)30(9,10)11)28(16-15-17-29-28)25-23(31(12,13)14)19(2)21(4)27(25,7)8/h15-17H2,1-14H3. The fourth-order valence-corrected chi connectivity index (χ4v) is 12.3. The first-order valence-electron chi connectivity index (χ1n) is 12.3. The molecule has 0 saturated carbocycles. The van der Waals surface area contributed by atoms with E-state index in [1.165, 1.54) is 0 Å². The Morgan fingerprint density at radius 3 is 1.26 bits per heavy atom. The lowest BCUT2D eigenvalue weighted by Gasteiger charge is -2.47. The van der Waals surface area contributed by atoms with Gasteiger partial charge in [0, 0.05) is 17.4 Å². The van der Waals surface area contributed by atoms with Crippen molar-refractivity contribution in [1.29, 1.82) is 0 Å². The van der Waals surface area contributed by atoms with E-state index >= 15 is 0 Å². The first kappa shape index (κ1) is 25.0. The van der Waals surface area contributed by atoms with E-state index in [0.717, 1.165) is 19.4 Å². The Labute approximate surface area is 195 Å². The highest BCUT2D eigenvalue weighted by Gasteiger charge is 2.59. The second kappa shape index (κ2) is 7.17. The zero-order valence-electron chi connectivity index (χ0n) is 23.0. The summed E-state index contributed by atoms with van der Waals surface area (Å²) in [6.07, 6.45) is 2.29. The molecule has 0 radical (unpaired) electrons. The van der Waals surface area contributed by atoms with Crippen molar-refractivity contribution in [2.75, 3.05) is 6.61 Å². The van der Waals surface area contributed by atoms with Crippen LogP contribution in [0.4, 0.5) is 0 Å². The molecule has 0 bridgehead atoms. The summed E-state index contributed by atoms with van der Waals surface area (Å²) in [5.74, 6) is 0. The molecule has 0 atom stereocenters. The minimum absolute atomic E-state index is 0.0437. The zero-order chi connectivity index (χ0) is 23.9. The monoisotopic (exact) mass is 456 g/mol. The normalized spacial score (nSPS) is 26.1. The van der Waals surface area contributed by atoms with Gasteiger partial charge >= 0.3 is 0 Å². The molecule has 1 heterocycles. The first-order chi connectivity index (χ1) is 13.8. The Hall–Kier alpha value is -0.646. The van der Waals surface area contributed by atoms with Gasteiger partial charge in [-0.25, -0.2) is 0 Å². The van der Waals surface area contributed by atoms with Crippen LogP contribution in [0.2, 0.25) is 39.3 Å². The van der Waals surface area contributed by atoms with Crippen molar-refractivity contribution in [1.82, 2.24) is 0 Å². The maximum atomic E-state index is 7.10. The molecule has 174 valence electrons. The summed E-state index contributed by atoms with van der Waals surface area (Å²) in [7, 11) is -3.16. The second-order valence-electron chi connectivity index (χ2n) is 13.5. The highest BCUT2D eigenvalue weighted by Crippen LogP contribution is 2.64. The van der Waals surface area contributed by atoms with Gasteiger partial charge in [-0.3, -0.25) is 0 Å². The average molecular weight is 457 g/mol. The molecule has 3 heteroatoms. The van der Waals surface area contributed by atoms with Crippen molar-refractivity contribution in [3.05, 3.63) is 43.8 Å². The minimum atomic E-state index is -1.58. The van der Waals surface area contributed by atoms with Crippen LogP contribution in [-0.4, -0.2) is 28.4 Å². The highest BCUT2D eigenvalue weighted by atomic mass is 28.3. The summed E-state index contributed by atoms with van der Waals surface area (Å²) in [6.45, 7) is 35.5. The van der Waals surface area contributed by atoms with E-state index in [4.69, 9.17) is 4.74 Å². The van der Waals surface area contributed by atoms with Crippen LogP contribution in [0.15, 0.2) is 43.8 Å². The molecule has 0 unspecified atom stereocenters. The van der Waals surface area contributed by atoms with Gasteiger partial charge in [-0.2, -0.15) is 0 Å². The summed E-state index contributed by atoms with van der Waals surface area (Å²) in [6, 6.07) is 0. The van der Waals surface area contributed by atoms with Crippen LogP contribution >= 0.6 is 0 Å². The Kier molecular flexibility index (Phi) is 5.78. The van der Waals surface area contributed by atoms with E-state index in [1.807, 2.05) is 0 Å². The fourth-order valence-electron chi connectivity index (χ4n) is 7.13. The molecular weight excluding hydrogens is 408 g/mol. The molecule has 1 aliphatic heterocycles. The van der Waals surface area contributed by atoms with Gasteiger partial charge < -0.3 is 4.74 Å². The molecular formula is C28H48OSi2. The summed E-state index contributed by atoms with van der Waals surface area (Å²) >= 11 is 0. The van der Waals surface area contributed by atoms with Crippen molar-refractivity contribution < 1.29 is 4.74 Å². The lowest BCUT2D eigenvalue weighted by atomic mass is 9.64. The predicted octanol–water partition coefficient (Wildman–Crippen LogP) is 8.64. The van der Waals surface area contributed by atoms with Gasteiger partial charge in [0.1, 0.15) is 5.60 Å². The van der Waals surface area contributed by atoms with Crippen LogP contribution in [-0.2, 0) is 4.74 Å². The maximum absolute atomic E-state index is 7.10. The zero-order valence-corrected chi connectivity index (χ0v) is 25.0. The van der Waals surface area contributed by atoms with Gasteiger partial charge in [0.05, 0.1) is 16.1 Å². The van der Waals surface area contributed by atoms with Gasteiger partial charge in [0.25, 0.3) is 0 Å². The highest BCUT2D eigenvalue weighted by molar-refractivity contribution is 6.85. The number of allylic oxidation sites excluding steroid dienone is 6. The molecule has 1 fully saturated rings. The van der Waals surface area contributed by atoms with E-state index in [0.29, 0.717) is 0 Å². The molecule has 3 aliphatic rings. The molecule has 0 aromatic carbocycles. The van der Waals surface area contributed by atoms with Crippen molar-refractivity contribution >= 4 is 16.1 Å². The topological polar surface area (TPSA) is 9.23 Å². The lowest BCUT2D eigenvalue weighted by Crippen LogP contribution is -2.46. The van der Waals surface area contributed by atoms with Crippen molar-refractivity contribution in [3.63, 3.8) is 0 Å². The van der Waals surface area contributed by atoms with E-state index in [9.17, 15) is 0 Å². The Bertz CT molecular complexity index is 858. The molecule has 0 spiro atoms. The fraction of sp³-hybridized carbons (Fsp3) is 0.714. The van der Waals surface area contributed by atoms with Crippen LogP contribution in [0, 0.1) is 10.8 Å². The lowest BCUT2D eigenvalue weighted by molar-refractivity contribution is 0.0412. The molecule has 1 saturated heterocycles. The minimum Gasteiger partial charge on any atom is -0.366 e. The van der Waals surface area contributed by atoms with Gasteiger partial charge in [0.15, 0.2) is 0 Å². The van der Waals surface area contributed by atoms with Crippen LogP contribution in [0.25, 0.3) is 0 Å². The number of hydrogen-bond donors (Lipinski definition) is 0. The van der Waals surface area contributed by atoms with Gasteiger partial charge in [-0.05, 0) is 51.7 Å². The van der Waals surface area contributed by atoms with Crippen LogP contribution in [0.1, 0.15) is 68.2 Å². The van der Waals surface area contributed by atoms with Gasteiger partial charge in [0.2, 0.25) is 0 Å². The summed E-state index contributed by atoms with van der Waals surface area (Å²) in [5.41, 5.74) is 9.33. The summed E-state index contributed by atoms with van der Waals surface area (Å²) in [4.78, 5) is 0. The van der Waals surface area contributed by atoms with E-state index in [-0.39, 0.29) is 16.4 Å². The van der Waals surface area contributed by atoms with Crippen LogP contribution < -0.4 is 0 Å². The third-order valence-electron chi connectivity index (χ3n) is 8.83. The van der Waals surface area contributed by atoms with Crippen molar-refractivity contribution in [3.8, 4) is 0 Å². The molecule has 3 rings (SSSR count).